The van der Waals surface area contributed by atoms with Crippen molar-refractivity contribution in [3.8, 4) is 11.5 Å². The normalized spacial score (nSPS) is 10.5. The van der Waals surface area contributed by atoms with E-state index in [1.165, 1.54) is 6.07 Å². The molecular formula is C34H28N4O6. The second-order valence-electron chi connectivity index (χ2n) is 9.41. The molecule has 10 nitrogen and oxygen atoms in total. The molecule has 220 valence electrons. The second kappa shape index (κ2) is 13.2. The number of benzene rings is 4. The summed E-state index contributed by atoms with van der Waals surface area (Å²) in [5, 5.41) is 1.74. The van der Waals surface area contributed by atoms with Crippen LogP contribution in [0.3, 0.4) is 0 Å². The molecule has 3 heterocycles. The van der Waals surface area contributed by atoms with Crippen LogP contribution < -0.4 is 17.0 Å². The van der Waals surface area contributed by atoms with Gasteiger partial charge in [0, 0.05) is 10.8 Å². The van der Waals surface area contributed by atoms with Crippen LogP contribution in [0.15, 0.2) is 123 Å². The van der Waals surface area contributed by atoms with Gasteiger partial charge in [-0.1, -0.05) is 60.7 Å². The zero-order valence-electron chi connectivity index (χ0n) is 23.7. The fraction of sp³-hybridized carbons (Fsp3) is 0.0588. The summed E-state index contributed by atoms with van der Waals surface area (Å²) in [7, 11) is 0. The first kappa shape index (κ1) is 29.3. The molecule has 0 unspecified atom stereocenters. The molecule has 0 spiro atoms. The van der Waals surface area contributed by atoms with Crippen molar-refractivity contribution in [3.63, 3.8) is 0 Å². The van der Waals surface area contributed by atoms with Gasteiger partial charge < -0.3 is 30.0 Å². The molecule has 0 aliphatic rings. The van der Waals surface area contributed by atoms with Gasteiger partial charge in [0.25, 0.3) is 5.56 Å². The summed E-state index contributed by atoms with van der Waals surface area (Å²) in [5.41, 5.74) is 14.9. The number of fused-ring (bicyclic) bond motifs is 3. The van der Waals surface area contributed by atoms with Crippen molar-refractivity contribution in [3.05, 3.63) is 125 Å². The molecule has 7 rings (SSSR count). The summed E-state index contributed by atoms with van der Waals surface area (Å²) in [6.07, 6.45) is 0. The van der Waals surface area contributed by atoms with Crippen LogP contribution in [0.5, 0.6) is 0 Å². The summed E-state index contributed by atoms with van der Waals surface area (Å²) < 4.78 is 15.6. The maximum atomic E-state index is 12.1. The average molecular weight is 589 g/mol. The molecule has 0 atom stereocenters. The fourth-order valence-corrected chi connectivity index (χ4v) is 4.20. The van der Waals surface area contributed by atoms with Crippen molar-refractivity contribution in [1.29, 1.82) is 0 Å². The van der Waals surface area contributed by atoms with E-state index >= 15 is 0 Å². The molecule has 5 N–H and O–H groups in total. The number of ketones is 1. The molecule has 4 aromatic carbocycles. The Morgan fingerprint density at radius 1 is 0.773 bits per heavy atom. The predicted molar refractivity (Wildman–Crippen MR) is 170 cm³/mol. The number of nitrogens with zero attached hydrogens (tertiary/aromatic N) is 1. The topological polar surface area (TPSA) is 167 Å². The number of para-hydroxylation sites is 6. The van der Waals surface area contributed by atoms with Gasteiger partial charge in [0.05, 0.1) is 29.0 Å². The van der Waals surface area contributed by atoms with Gasteiger partial charge in [0.2, 0.25) is 0 Å². The number of ether oxygens (including phenoxy) is 1. The van der Waals surface area contributed by atoms with Crippen LogP contribution in [0.2, 0.25) is 0 Å². The molecule has 0 bridgehead atoms. The van der Waals surface area contributed by atoms with E-state index in [9.17, 15) is 14.4 Å². The number of furan rings is 2. The van der Waals surface area contributed by atoms with E-state index in [-0.39, 0.29) is 17.9 Å². The molecule has 0 saturated carbocycles. The zero-order chi connectivity index (χ0) is 31.1. The Morgan fingerprint density at radius 2 is 1.34 bits per heavy atom. The van der Waals surface area contributed by atoms with E-state index in [2.05, 4.69) is 14.7 Å². The van der Waals surface area contributed by atoms with Crippen molar-refractivity contribution >= 4 is 56.1 Å². The molecule has 0 saturated heterocycles. The molecular weight excluding hydrogens is 560 g/mol. The average Bonchev–Trinajstić information content (AvgIpc) is 3.67. The lowest BCUT2D eigenvalue weighted by atomic mass is 10.2. The van der Waals surface area contributed by atoms with Gasteiger partial charge in [0.15, 0.2) is 17.2 Å². The maximum Gasteiger partial charge on any atom is 0.383 e. The Bertz CT molecular complexity index is 2060. The van der Waals surface area contributed by atoms with Gasteiger partial charge >= 0.3 is 11.8 Å². The lowest BCUT2D eigenvalue weighted by Gasteiger charge is -1.99. The molecule has 0 aliphatic heterocycles. The largest absolute Gasteiger partial charge is 0.460 e. The third-order valence-corrected chi connectivity index (χ3v) is 6.36. The number of hydrogen-bond acceptors (Lipinski definition) is 9. The van der Waals surface area contributed by atoms with Crippen LogP contribution in [-0.2, 0) is 9.53 Å². The SMILES string of the molecule is CCOC(=O)C(=O)c1cc2ccccc2o1.Nc1ccccc1N.O=c1[nH]c2ccccc2nc1-c1cc2ccccc2o1. The van der Waals surface area contributed by atoms with Gasteiger partial charge in [-0.05, 0) is 55.5 Å². The maximum absolute atomic E-state index is 12.1. The van der Waals surface area contributed by atoms with Gasteiger partial charge in [-0.25, -0.2) is 9.78 Å². The monoisotopic (exact) mass is 588 g/mol. The van der Waals surface area contributed by atoms with Crippen molar-refractivity contribution in [2.45, 2.75) is 6.92 Å². The number of Topliss-reactive ketones (excluding diaryl/α,β-unsaturated/α-hetero) is 1. The number of carbonyl (C=O) groups excluding carboxylic acids is 2. The number of hydrogen-bond donors (Lipinski definition) is 3. The molecule has 7 aromatic rings. The number of anilines is 2. The van der Waals surface area contributed by atoms with Crippen LogP contribution in [0.4, 0.5) is 11.4 Å². The number of aromatic amines is 1. The van der Waals surface area contributed by atoms with Crippen molar-refractivity contribution in [2.24, 2.45) is 0 Å². The number of nitrogen functional groups attached to an aromatic ring is 2. The first-order valence-corrected chi connectivity index (χ1v) is 13.6. The lowest BCUT2D eigenvalue weighted by molar-refractivity contribution is -0.137. The standard InChI is InChI=1S/C16H10N2O2.C12H10O4.C6H8N2/c19-16-15(17-11-6-2-3-7-12(11)18-16)14-9-10-5-1-4-8-13(10)20-14;1-2-15-12(14)11(13)10-7-8-5-3-4-6-9(8)16-10;7-5-3-1-2-4-6(5)8/h1-9H,(H,18,19);3-7H,2H2,1H3;1-4H,7-8H2. The highest BCUT2D eigenvalue weighted by molar-refractivity contribution is 6.40. The molecule has 3 aromatic heterocycles. The summed E-state index contributed by atoms with van der Waals surface area (Å²) in [5.74, 6) is -1.14. The van der Waals surface area contributed by atoms with Crippen molar-refractivity contribution in [2.75, 3.05) is 18.1 Å². The van der Waals surface area contributed by atoms with Crippen LogP contribution >= 0.6 is 0 Å². The fourth-order valence-electron chi connectivity index (χ4n) is 4.20. The third kappa shape index (κ3) is 6.66. The smallest absolute Gasteiger partial charge is 0.383 e. The minimum absolute atomic E-state index is 0.0136. The summed E-state index contributed by atoms with van der Waals surface area (Å²) in [6, 6.07) is 32.9. The molecule has 0 fully saturated rings. The van der Waals surface area contributed by atoms with E-state index in [1.54, 1.807) is 37.3 Å². The van der Waals surface area contributed by atoms with E-state index in [0.717, 1.165) is 27.4 Å². The van der Waals surface area contributed by atoms with E-state index in [4.69, 9.17) is 20.3 Å². The molecule has 10 heteroatoms. The summed E-state index contributed by atoms with van der Waals surface area (Å²) in [6.45, 7) is 1.81. The summed E-state index contributed by atoms with van der Waals surface area (Å²) >= 11 is 0. The number of carbonyl (C=O) groups is 2. The Hall–Kier alpha value is -6.16. The number of nitrogens with one attached hydrogen (secondary N) is 1. The molecule has 0 aliphatic carbocycles. The van der Waals surface area contributed by atoms with Gasteiger partial charge in [-0.15, -0.1) is 0 Å². The first-order valence-electron chi connectivity index (χ1n) is 13.6. The van der Waals surface area contributed by atoms with Gasteiger partial charge in [-0.2, -0.15) is 0 Å². The number of nitrogens with two attached hydrogens (primary N) is 2. The number of rotatable bonds is 4. The van der Waals surface area contributed by atoms with Gasteiger partial charge in [-0.3, -0.25) is 9.59 Å². The Labute approximate surface area is 250 Å². The third-order valence-electron chi connectivity index (χ3n) is 6.36. The van der Waals surface area contributed by atoms with E-state index in [0.29, 0.717) is 28.4 Å². The van der Waals surface area contributed by atoms with E-state index < -0.39 is 11.8 Å². The van der Waals surface area contributed by atoms with Crippen molar-refractivity contribution < 1.29 is 23.2 Å². The highest BCUT2D eigenvalue weighted by atomic mass is 16.5. The highest BCUT2D eigenvalue weighted by Crippen LogP contribution is 2.25. The van der Waals surface area contributed by atoms with Crippen molar-refractivity contribution in [1.82, 2.24) is 9.97 Å². The predicted octanol–water partition coefficient (Wildman–Crippen LogP) is 6.37. The molecule has 0 amide bonds. The van der Waals surface area contributed by atoms with Crippen LogP contribution in [-0.4, -0.2) is 28.3 Å². The van der Waals surface area contributed by atoms with Crippen LogP contribution in [0.25, 0.3) is 44.4 Å². The molecule has 44 heavy (non-hydrogen) atoms. The Kier molecular flexibility index (Phi) is 8.81. The highest BCUT2D eigenvalue weighted by Gasteiger charge is 2.21. The minimum atomic E-state index is -0.887. The number of H-pyrrole nitrogens is 1. The lowest BCUT2D eigenvalue weighted by Crippen LogP contribution is -2.16. The Morgan fingerprint density at radius 3 is 1.95 bits per heavy atom. The minimum Gasteiger partial charge on any atom is -0.460 e. The number of aromatic nitrogens is 2. The quantitative estimate of drug-likeness (QED) is 0.0916. The second-order valence-corrected chi connectivity index (χ2v) is 9.41. The Balaban J connectivity index is 0.000000143. The van der Waals surface area contributed by atoms with Gasteiger partial charge in [0.1, 0.15) is 11.2 Å². The van der Waals surface area contributed by atoms with Crippen LogP contribution in [0, 0.1) is 0 Å². The molecule has 0 radical (unpaired) electrons. The van der Waals surface area contributed by atoms with Crippen LogP contribution in [0.1, 0.15) is 17.5 Å². The number of esters is 1. The first-order chi connectivity index (χ1) is 21.3. The zero-order valence-corrected chi connectivity index (χ0v) is 23.7. The summed E-state index contributed by atoms with van der Waals surface area (Å²) in [4.78, 5) is 42.1. The van der Waals surface area contributed by atoms with E-state index in [1.807, 2.05) is 72.8 Å².